The molecule has 2 fully saturated rings. The van der Waals surface area contributed by atoms with E-state index < -0.39 is 0 Å². The van der Waals surface area contributed by atoms with Gasteiger partial charge in [-0.15, -0.1) is 12.4 Å². The fourth-order valence-corrected chi connectivity index (χ4v) is 3.05. The number of likely N-dealkylation sites (tertiary alicyclic amines) is 1. The van der Waals surface area contributed by atoms with Gasteiger partial charge >= 0.3 is 0 Å². The second-order valence-electron chi connectivity index (χ2n) is 5.43. The van der Waals surface area contributed by atoms with Gasteiger partial charge in [-0.1, -0.05) is 6.07 Å². The van der Waals surface area contributed by atoms with Crippen LogP contribution in [0.25, 0.3) is 0 Å². The molecular weight excluding hydrogens is 281 g/mol. The quantitative estimate of drug-likeness (QED) is 0.885. The summed E-state index contributed by atoms with van der Waals surface area (Å²) < 4.78 is 13.0. The van der Waals surface area contributed by atoms with Gasteiger partial charge in [0.25, 0.3) is 0 Å². The molecule has 110 valence electrons. The lowest BCUT2D eigenvalue weighted by Gasteiger charge is -2.16. The Bertz CT molecular complexity index is 473. The zero-order valence-electron chi connectivity index (χ0n) is 11.1. The van der Waals surface area contributed by atoms with Gasteiger partial charge in [0.2, 0.25) is 5.91 Å². The summed E-state index contributed by atoms with van der Waals surface area (Å²) in [5.41, 5.74) is 0.519. The van der Waals surface area contributed by atoms with Crippen molar-refractivity contribution in [2.45, 2.75) is 0 Å². The first-order chi connectivity index (χ1) is 9.20. The first kappa shape index (κ1) is 15.2. The Balaban J connectivity index is 0.00000147. The number of amides is 1. The molecule has 2 N–H and O–H groups in total. The predicted molar refractivity (Wildman–Crippen MR) is 78.6 cm³/mol. The lowest BCUT2D eigenvalue weighted by atomic mass is 10.0. The third-order valence-electron chi connectivity index (χ3n) is 3.94. The molecule has 1 aromatic carbocycles. The smallest absolute Gasteiger partial charge is 0.238 e. The lowest BCUT2D eigenvalue weighted by molar-refractivity contribution is -0.117. The number of halogens is 2. The predicted octanol–water partition coefficient (Wildman–Crippen LogP) is 1.34. The summed E-state index contributed by atoms with van der Waals surface area (Å²) >= 11 is 0. The molecule has 3 rings (SSSR count). The summed E-state index contributed by atoms with van der Waals surface area (Å²) in [6, 6.07) is 5.99. The molecule has 0 unspecified atom stereocenters. The van der Waals surface area contributed by atoms with Crippen LogP contribution in [0.15, 0.2) is 24.3 Å². The highest BCUT2D eigenvalue weighted by molar-refractivity contribution is 5.92. The van der Waals surface area contributed by atoms with E-state index in [0.717, 1.165) is 26.2 Å². The number of hydrogen-bond acceptors (Lipinski definition) is 3. The van der Waals surface area contributed by atoms with Crippen LogP contribution in [0.1, 0.15) is 0 Å². The van der Waals surface area contributed by atoms with Crippen LogP contribution in [0.3, 0.4) is 0 Å². The number of benzene rings is 1. The number of hydrogen-bond donors (Lipinski definition) is 2. The normalized spacial score (nSPS) is 25.1. The highest BCUT2D eigenvalue weighted by Crippen LogP contribution is 2.25. The zero-order chi connectivity index (χ0) is 13.2. The third-order valence-corrected chi connectivity index (χ3v) is 3.94. The van der Waals surface area contributed by atoms with Crippen molar-refractivity contribution >= 4 is 24.0 Å². The largest absolute Gasteiger partial charge is 0.325 e. The average Bonchev–Trinajstić information content (AvgIpc) is 2.89. The molecule has 2 aliphatic heterocycles. The van der Waals surface area contributed by atoms with Crippen LogP contribution >= 0.6 is 12.4 Å². The van der Waals surface area contributed by atoms with E-state index in [1.807, 2.05) is 0 Å². The fraction of sp³-hybridized carbons (Fsp3) is 0.500. The Morgan fingerprint density at radius 1 is 1.35 bits per heavy atom. The van der Waals surface area contributed by atoms with Crippen LogP contribution in [0.5, 0.6) is 0 Å². The Hall–Kier alpha value is -1.17. The summed E-state index contributed by atoms with van der Waals surface area (Å²) in [4.78, 5) is 14.1. The summed E-state index contributed by atoms with van der Waals surface area (Å²) in [5.74, 6) is 0.960. The fourth-order valence-electron chi connectivity index (χ4n) is 3.05. The molecule has 2 aliphatic rings. The Morgan fingerprint density at radius 3 is 2.70 bits per heavy atom. The van der Waals surface area contributed by atoms with Gasteiger partial charge in [-0.05, 0) is 43.1 Å². The molecule has 1 amide bonds. The zero-order valence-corrected chi connectivity index (χ0v) is 12.0. The third kappa shape index (κ3) is 3.48. The Morgan fingerprint density at radius 2 is 2.05 bits per heavy atom. The maximum atomic E-state index is 13.0. The van der Waals surface area contributed by atoms with Crippen molar-refractivity contribution in [1.82, 2.24) is 10.2 Å². The summed E-state index contributed by atoms with van der Waals surface area (Å²) in [6.07, 6.45) is 0. The molecular formula is C14H19ClFN3O. The van der Waals surface area contributed by atoms with Crippen LogP contribution in [0.2, 0.25) is 0 Å². The molecule has 0 aromatic heterocycles. The van der Waals surface area contributed by atoms with E-state index >= 15 is 0 Å². The SMILES string of the molecule is Cl.O=C(CN1C[C@H]2CNC[C@H]2C1)Nc1cccc(F)c1. The van der Waals surface area contributed by atoms with Crippen LogP contribution in [0, 0.1) is 17.7 Å². The standard InChI is InChI=1S/C14H18FN3O.ClH/c15-12-2-1-3-13(4-12)17-14(19)9-18-7-10-5-16-6-11(10)8-18;/h1-4,10-11,16H,5-9H2,(H,17,19);1H/t10-,11+;. The van der Waals surface area contributed by atoms with Crippen molar-refractivity contribution in [1.29, 1.82) is 0 Å². The monoisotopic (exact) mass is 299 g/mol. The van der Waals surface area contributed by atoms with Crippen LogP contribution < -0.4 is 10.6 Å². The number of carbonyl (C=O) groups is 1. The van der Waals surface area contributed by atoms with E-state index in [9.17, 15) is 9.18 Å². The summed E-state index contributed by atoms with van der Waals surface area (Å²) in [5, 5.41) is 6.11. The first-order valence-corrected chi connectivity index (χ1v) is 6.69. The number of carbonyl (C=O) groups excluding carboxylic acids is 1. The average molecular weight is 300 g/mol. The van der Waals surface area contributed by atoms with Crippen molar-refractivity contribution in [3.05, 3.63) is 30.1 Å². The van der Waals surface area contributed by atoms with Gasteiger partial charge in [-0.3, -0.25) is 9.69 Å². The molecule has 2 saturated heterocycles. The number of rotatable bonds is 3. The number of fused-ring (bicyclic) bond motifs is 1. The lowest BCUT2D eigenvalue weighted by Crippen LogP contribution is -2.33. The van der Waals surface area contributed by atoms with Crippen molar-refractivity contribution in [2.75, 3.05) is 38.0 Å². The number of nitrogens with one attached hydrogen (secondary N) is 2. The van der Waals surface area contributed by atoms with E-state index in [1.54, 1.807) is 12.1 Å². The van der Waals surface area contributed by atoms with E-state index in [-0.39, 0.29) is 24.1 Å². The van der Waals surface area contributed by atoms with Gasteiger partial charge in [-0.2, -0.15) is 0 Å². The van der Waals surface area contributed by atoms with Crippen LogP contribution in [-0.2, 0) is 4.79 Å². The highest BCUT2D eigenvalue weighted by atomic mass is 35.5. The molecule has 0 aliphatic carbocycles. The molecule has 6 heteroatoms. The maximum Gasteiger partial charge on any atom is 0.238 e. The van der Waals surface area contributed by atoms with E-state index in [2.05, 4.69) is 15.5 Å². The topological polar surface area (TPSA) is 44.4 Å². The molecule has 20 heavy (non-hydrogen) atoms. The van der Waals surface area contributed by atoms with Crippen LogP contribution in [0.4, 0.5) is 10.1 Å². The minimum Gasteiger partial charge on any atom is -0.325 e. The molecule has 4 nitrogen and oxygen atoms in total. The van der Waals surface area contributed by atoms with E-state index in [0.29, 0.717) is 24.1 Å². The van der Waals surface area contributed by atoms with Crippen LogP contribution in [-0.4, -0.2) is 43.5 Å². The summed E-state index contributed by atoms with van der Waals surface area (Å²) in [6.45, 7) is 4.48. The van der Waals surface area contributed by atoms with Crippen molar-refractivity contribution in [3.63, 3.8) is 0 Å². The molecule has 0 saturated carbocycles. The first-order valence-electron chi connectivity index (χ1n) is 6.69. The number of anilines is 1. The second kappa shape index (κ2) is 6.52. The molecule has 2 atom stereocenters. The Kier molecular flexibility index (Phi) is 4.96. The van der Waals surface area contributed by atoms with Crippen molar-refractivity contribution < 1.29 is 9.18 Å². The molecule has 1 aromatic rings. The van der Waals surface area contributed by atoms with Crippen molar-refractivity contribution in [2.24, 2.45) is 11.8 Å². The minimum absolute atomic E-state index is 0. The van der Waals surface area contributed by atoms with Gasteiger partial charge in [0.15, 0.2) is 0 Å². The van der Waals surface area contributed by atoms with Gasteiger partial charge in [0.05, 0.1) is 6.54 Å². The molecule has 0 radical (unpaired) electrons. The van der Waals surface area contributed by atoms with Gasteiger partial charge in [0.1, 0.15) is 5.82 Å². The second-order valence-corrected chi connectivity index (χ2v) is 5.43. The Labute approximate surface area is 124 Å². The van der Waals surface area contributed by atoms with Gasteiger partial charge in [0, 0.05) is 18.8 Å². The minimum atomic E-state index is -0.334. The van der Waals surface area contributed by atoms with E-state index in [4.69, 9.17) is 0 Å². The molecule has 0 bridgehead atoms. The maximum absolute atomic E-state index is 13.0. The molecule has 2 heterocycles. The number of nitrogens with zero attached hydrogens (tertiary/aromatic N) is 1. The van der Waals surface area contributed by atoms with E-state index in [1.165, 1.54) is 12.1 Å². The van der Waals surface area contributed by atoms with Crippen molar-refractivity contribution in [3.8, 4) is 0 Å². The molecule has 0 spiro atoms. The summed E-state index contributed by atoms with van der Waals surface area (Å²) in [7, 11) is 0. The highest BCUT2D eigenvalue weighted by Gasteiger charge is 2.36. The van der Waals surface area contributed by atoms with Gasteiger partial charge < -0.3 is 10.6 Å². The van der Waals surface area contributed by atoms with Gasteiger partial charge in [-0.25, -0.2) is 4.39 Å².